The lowest BCUT2D eigenvalue weighted by molar-refractivity contribution is -0.178. The second kappa shape index (κ2) is 9.52. The van der Waals surface area contributed by atoms with E-state index in [9.17, 15) is 18.0 Å². The molecule has 0 unspecified atom stereocenters. The molecule has 2 aliphatic heterocycles. The van der Waals surface area contributed by atoms with Crippen LogP contribution in [-0.2, 0) is 4.79 Å². The minimum atomic E-state index is -4.34. The molecule has 0 saturated carbocycles. The summed E-state index contributed by atoms with van der Waals surface area (Å²) in [6.45, 7) is 6.35. The maximum atomic E-state index is 13.9. The third-order valence-electron chi connectivity index (χ3n) is 6.79. The summed E-state index contributed by atoms with van der Waals surface area (Å²) in [5, 5.41) is 3.67. The lowest BCUT2D eigenvalue weighted by atomic mass is 9.92. The fourth-order valence-corrected chi connectivity index (χ4v) is 5.17. The molecule has 6 nitrogen and oxygen atoms in total. The Balaban J connectivity index is 1.56. The molecule has 184 valence electrons. The number of aliphatic imine (C=N–C) groups is 1. The van der Waals surface area contributed by atoms with Crippen LogP contribution < -0.4 is 10.2 Å². The summed E-state index contributed by atoms with van der Waals surface area (Å²) in [5.74, 6) is -1.74. The van der Waals surface area contributed by atoms with Crippen LogP contribution in [-0.4, -0.2) is 74.0 Å². The van der Waals surface area contributed by atoms with Crippen molar-refractivity contribution >= 4 is 28.7 Å². The number of amides is 1. The van der Waals surface area contributed by atoms with E-state index in [1.807, 2.05) is 18.2 Å². The van der Waals surface area contributed by atoms with E-state index in [4.69, 9.17) is 0 Å². The quantitative estimate of drug-likeness (QED) is 0.667. The average molecular weight is 476 g/mol. The average Bonchev–Trinajstić information content (AvgIpc) is 3.11. The van der Waals surface area contributed by atoms with Crippen molar-refractivity contribution in [3.05, 3.63) is 36.0 Å². The number of nitrogens with zero attached hydrogens (tertiary/aromatic N) is 4. The fraction of sp³-hybridized carbons (Fsp3) is 0.560. The Morgan fingerprint density at radius 1 is 1.29 bits per heavy atom. The molecule has 2 aromatic rings. The zero-order chi connectivity index (χ0) is 24.5. The molecular weight excluding hydrogens is 443 g/mol. The molecule has 2 atom stereocenters. The van der Waals surface area contributed by atoms with Crippen molar-refractivity contribution in [2.24, 2.45) is 16.3 Å². The van der Waals surface area contributed by atoms with Crippen LogP contribution in [0.5, 0.6) is 0 Å². The third kappa shape index (κ3) is 5.51. The van der Waals surface area contributed by atoms with E-state index in [1.54, 1.807) is 30.4 Å². The normalized spacial score (nSPS) is 23.6. The maximum Gasteiger partial charge on any atom is 0.393 e. The number of pyridine rings is 1. The van der Waals surface area contributed by atoms with Crippen LogP contribution in [0.2, 0.25) is 0 Å². The molecule has 34 heavy (non-hydrogen) atoms. The highest BCUT2D eigenvalue weighted by molar-refractivity contribution is 6.03. The van der Waals surface area contributed by atoms with Crippen molar-refractivity contribution in [3.63, 3.8) is 0 Å². The molecule has 1 N–H and O–H groups in total. The van der Waals surface area contributed by atoms with Crippen molar-refractivity contribution in [2.45, 2.75) is 38.9 Å². The number of likely N-dealkylation sites (tertiary alicyclic amines) is 1. The zero-order valence-electron chi connectivity index (χ0n) is 19.9. The molecular formula is C25H32F3N5O. The van der Waals surface area contributed by atoms with Crippen molar-refractivity contribution in [3.8, 4) is 0 Å². The van der Waals surface area contributed by atoms with E-state index in [0.29, 0.717) is 17.7 Å². The van der Waals surface area contributed by atoms with Gasteiger partial charge in [0.1, 0.15) is 0 Å². The first-order chi connectivity index (χ1) is 16.1. The first-order valence-corrected chi connectivity index (χ1v) is 11.7. The largest absolute Gasteiger partial charge is 0.393 e. The number of aromatic nitrogens is 1. The van der Waals surface area contributed by atoms with Crippen LogP contribution in [0.25, 0.3) is 10.9 Å². The second-order valence-corrected chi connectivity index (χ2v) is 10.2. The van der Waals surface area contributed by atoms with Crippen LogP contribution in [0.4, 0.5) is 18.9 Å². The number of alkyl halides is 3. The van der Waals surface area contributed by atoms with Gasteiger partial charge in [-0.3, -0.25) is 19.7 Å². The predicted octanol–water partition coefficient (Wildman–Crippen LogP) is 3.89. The highest BCUT2D eigenvalue weighted by atomic mass is 19.4. The summed E-state index contributed by atoms with van der Waals surface area (Å²) >= 11 is 0. The zero-order valence-corrected chi connectivity index (χ0v) is 19.9. The summed E-state index contributed by atoms with van der Waals surface area (Å²) in [6.07, 6.45) is -0.0992. The minimum Gasteiger partial charge on any atom is -0.368 e. The summed E-state index contributed by atoms with van der Waals surface area (Å²) in [6, 6.07) is 6.71. The molecule has 0 bridgehead atoms. The molecule has 4 rings (SSSR count). The van der Waals surface area contributed by atoms with Gasteiger partial charge in [-0.2, -0.15) is 13.2 Å². The summed E-state index contributed by atoms with van der Waals surface area (Å²) in [4.78, 5) is 25.0. The van der Waals surface area contributed by atoms with Gasteiger partial charge in [0.2, 0.25) is 5.91 Å². The molecule has 0 spiro atoms. The molecule has 3 heterocycles. The Morgan fingerprint density at radius 2 is 2.09 bits per heavy atom. The van der Waals surface area contributed by atoms with E-state index in [-0.39, 0.29) is 30.8 Å². The summed E-state index contributed by atoms with van der Waals surface area (Å²) in [7, 11) is 1.66. The second-order valence-electron chi connectivity index (χ2n) is 10.2. The summed E-state index contributed by atoms with van der Waals surface area (Å²) in [5.41, 5.74) is 2.35. The number of rotatable bonds is 5. The van der Waals surface area contributed by atoms with Gasteiger partial charge in [0, 0.05) is 61.8 Å². The van der Waals surface area contributed by atoms with Crippen molar-refractivity contribution < 1.29 is 18.0 Å². The molecule has 2 fully saturated rings. The van der Waals surface area contributed by atoms with Gasteiger partial charge in [0.15, 0.2) is 0 Å². The highest BCUT2D eigenvalue weighted by Gasteiger charge is 2.45. The number of carbonyl (C=O) groups excluding carboxylic acids is 1. The Kier molecular flexibility index (Phi) is 6.85. The maximum absolute atomic E-state index is 13.9. The van der Waals surface area contributed by atoms with E-state index in [1.165, 1.54) is 0 Å². The SMILES string of the molecule is CN=Cc1ccc(N2C[C@H](NC(=O)CN3CCC(C)(C)C3)C[C@H](C(F)(F)F)C2)c2cccnc12. The molecule has 1 aromatic carbocycles. The molecule has 1 amide bonds. The van der Waals surface area contributed by atoms with Gasteiger partial charge in [0.05, 0.1) is 18.0 Å². The van der Waals surface area contributed by atoms with Crippen molar-refractivity contribution in [1.82, 2.24) is 15.2 Å². The molecule has 9 heteroatoms. The van der Waals surface area contributed by atoms with Gasteiger partial charge in [-0.25, -0.2) is 0 Å². The third-order valence-corrected chi connectivity index (χ3v) is 6.79. The number of piperidine rings is 1. The van der Waals surface area contributed by atoms with Crippen LogP contribution in [0, 0.1) is 11.3 Å². The minimum absolute atomic E-state index is 0.117. The van der Waals surface area contributed by atoms with Crippen LogP contribution in [0.1, 0.15) is 32.3 Å². The molecule has 2 aliphatic rings. The molecule has 0 aliphatic carbocycles. The number of halogens is 3. The predicted molar refractivity (Wildman–Crippen MR) is 128 cm³/mol. The lowest BCUT2D eigenvalue weighted by Crippen LogP contribution is -2.55. The van der Waals surface area contributed by atoms with E-state index in [2.05, 4.69) is 34.0 Å². The highest BCUT2D eigenvalue weighted by Crippen LogP contribution is 2.37. The topological polar surface area (TPSA) is 60.8 Å². The Bertz CT molecular complexity index is 1070. The van der Waals surface area contributed by atoms with Crippen LogP contribution in [0.15, 0.2) is 35.5 Å². The Morgan fingerprint density at radius 3 is 2.76 bits per heavy atom. The first kappa shape index (κ1) is 24.4. The van der Waals surface area contributed by atoms with Gasteiger partial charge < -0.3 is 10.2 Å². The van der Waals surface area contributed by atoms with Crippen molar-refractivity contribution in [2.75, 3.05) is 44.7 Å². The van der Waals surface area contributed by atoms with Gasteiger partial charge in [-0.05, 0) is 49.1 Å². The Hall–Kier alpha value is -2.68. The lowest BCUT2D eigenvalue weighted by Gasteiger charge is -2.40. The number of carbonyl (C=O) groups is 1. The number of benzene rings is 1. The van der Waals surface area contributed by atoms with E-state index < -0.39 is 18.1 Å². The van der Waals surface area contributed by atoms with Gasteiger partial charge in [-0.1, -0.05) is 13.8 Å². The molecule has 2 saturated heterocycles. The number of hydrogen-bond acceptors (Lipinski definition) is 5. The Labute approximate surface area is 198 Å². The fourth-order valence-electron chi connectivity index (χ4n) is 5.17. The number of anilines is 1. The van der Waals surface area contributed by atoms with E-state index in [0.717, 1.165) is 30.5 Å². The number of fused-ring (bicyclic) bond motifs is 1. The smallest absolute Gasteiger partial charge is 0.368 e. The van der Waals surface area contributed by atoms with E-state index >= 15 is 0 Å². The summed E-state index contributed by atoms with van der Waals surface area (Å²) < 4.78 is 41.6. The van der Waals surface area contributed by atoms with Gasteiger partial charge in [-0.15, -0.1) is 0 Å². The monoisotopic (exact) mass is 475 g/mol. The van der Waals surface area contributed by atoms with Crippen LogP contribution in [0.3, 0.4) is 0 Å². The standard InChI is InChI=1S/C25H32F3N5O/c1-24(2)8-10-32(16-24)15-22(34)31-19-11-18(25(26,27)28)13-33(14-19)21-7-6-17(12-29-3)23-20(21)5-4-9-30-23/h4-7,9,12,18-19H,8,10-11,13-16H2,1-3H3,(H,31,34)/t18-,19+/m0/s1. The van der Waals surface area contributed by atoms with Gasteiger partial charge in [0.25, 0.3) is 0 Å². The van der Waals surface area contributed by atoms with Crippen LogP contribution >= 0.6 is 0 Å². The number of hydrogen-bond donors (Lipinski definition) is 1. The van der Waals surface area contributed by atoms with Crippen molar-refractivity contribution in [1.29, 1.82) is 0 Å². The number of nitrogens with one attached hydrogen (secondary N) is 1. The first-order valence-electron chi connectivity index (χ1n) is 11.7. The van der Waals surface area contributed by atoms with Gasteiger partial charge >= 0.3 is 6.18 Å². The molecule has 1 aromatic heterocycles. The molecule has 0 radical (unpaired) electrons.